The third-order valence-corrected chi connectivity index (χ3v) is 4.59. The van der Waals surface area contributed by atoms with Gasteiger partial charge in [0.2, 0.25) is 5.95 Å². The maximum atomic E-state index is 6.11. The third-order valence-electron chi connectivity index (χ3n) is 4.36. The Bertz CT molecular complexity index is 587. The molecule has 1 aromatic heterocycles. The zero-order valence-corrected chi connectivity index (χ0v) is 13.2. The van der Waals surface area contributed by atoms with Gasteiger partial charge in [0, 0.05) is 23.5 Å². The van der Waals surface area contributed by atoms with Gasteiger partial charge in [-0.3, -0.25) is 0 Å². The number of nitrogens with one attached hydrogen (secondary N) is 1. The molecule has 0 aliphatic heterocycles. The van der Waals surface area contributed by atoms with E-state index in [1.54, 1.807) is 0 Å². The molecule has 1 saturated carbocycles. The molecule has 0 radical (unpaired) electrons. The lowest BCUT2D eigenvalue weighted by Crippen LogP contribution is -2.25. The van der Waals surface area contributed by atoms with Crippen LogP contribution in [-0.4, -0.2) is 15.6 Å². The summed E-state index contributed by atoms with van der Waals surface area (Å²) < 4.78 is 2.19. The number of anilines is 1. The van der Waals surface area contributed by atoms with Gasteiger partial charge < -0.3 is 9.88 Å². The number of halogens is 1. The van der Waals surface area contributed by atoms with E-state index < -0.39 is 0 Å². The highest BCUT2D eigenvalue weighted by Crippen LogP contribution is 2.26. The van der Waals surface area contributed by atoms with Crippen LogP contribution in [0.15, 0.2) is 36.7 Å². The van der Waals surface area contributed by atoms with Crippen molar-refractivity contribution in [3.05, 3.63) is 47.2 Å². The molecule has 1 N–H and O–H groups in total. The van der Waals surface area contributed by atoms with Gasteiger partial charge in [0.15, 0.2) is 0 Å². The first kappa shape index (κ1) is 14.5. The second-order valence-corrected chi connectivity index (χ2v) is 6.30. The summed E-state index contributed by atoms with van der Waals surface area (Å²) in [5, 5.41) is 4.39. The van der Waals surface area contributed by atoms with Crippen LogP contribution in [0.4, 0.5) is 5.95 Å². The molecule has 3 nitrogen and oxygen atoms in total. The molecule has 4 heteroatoms. The van der Waals surface area contributed by atoms with Gasteiger partial charge in [-0.05, 0) is 37.5 Å². The van der Waals surface area contributed by atoms with Crippen LogP contribution in [0, 0.1) is 0 Å². The second kappa shape index (κ2) is 6.52. The van der Waals surface area contributed by atoms with Crippen LogP contribution in [0.25, 0.3) is 0 Å². The molecule has 1 aliphatic carbocycles. The van der Waals surface area contributed by atoms with Gasteiger partial charge >= 0.3 is 0 Å². The number of nitrogens with zero attached hydrogens (tertiary/aromatic N) is 2. The molecule has 1 atom stereocenters. The van der Waals surface area contributed by atoms with Crippen LogP contribution in [0.5, 0.6) is 0 Å². The fourth-order valence-electron chi connectivity index (χ4n) is 3.09. The highest BCUT2D eigenvalue weighted by molar-refractivity contribution is 6.30. The maximum Gasteiger partial charge on any atom is 0.203 e. The Morgan fingerprint density at radius 3 is 2.86 bits per heavy atom. The molecule has 0 bridgehead atoms. The Morgan fingerprint density at radius 1 is 1.29 bits per heavy atom. The van der Waals surface area contributed by atoms with Crippen LogP contribution < -0.4 is 5.32 Å². The Labute approximate surface area is 131 Å². The van der Waals surface area contributed by atoms with Crippen molar-refractivity contribution in [1.29, 1.82) is 0 Å². The summed E-state index contributed by atoms with van der Waals surface area (Å²) in [4.78, 5) is 4.50. The quantitative estimate of drug-likeness (QED) is 0.871. The van der Waals surface area contributed by atoms with Gasteiger partial charge in [0.25, 0.3) is 0 Å². The Hall–Kier alpha value is -1.48. The summed E-state index contributed by atoms with van der Waals surface area (Å²) in [6, 6.07) is 8.83. The van der Waals surface area contributed by atoms with E-state index in [9.17, 15) is 0 Å². The van der Waals surface area contributed by atoms with Crippen molar-refractivity contribution in [2.24, 2.45) is 0 Å². The summed E-state index contributed by atoms with van der Waals surface area (Å²) in [5.41, 5.74) is 1.20. The molecule has 112 valence electrons. The first-order valence-electron chi connectivity index (χ1n) is 7.79. The minimum atomic E-state index is 0.220. The number of rotatable bonds is 4. The van der Waals surface area contributed by atoms with E-state index in [1.807, 2.05) is 30.6 Å². The highest BCUT2D eigenvalue weighted by Gasteiger charge is 2.17. The Kier molecular flexibility index (Phi) is 4.49. The highest BCUT2D eigenvalue weighted by atomic mass is 35.5. The normalized spacial score (nSPS) is 17.6. The molecular weight excluding hydrogens is 282 g/mol. The summed E-state index contributed by atoms with van der Waals surface area (Å²) in [6.07, 6.45) is 10.4. The van der Waals surface area contributed by atoms with Crippen LogP contribution in [0.2, 0.25) is 5.02 Å². The molecule has 0 spiro atoms. The molecule has 1 fully saturated rings. The predicted octanol–water partition coefficient (Wildman–Crippen LogP) is 4.89. The SMILES string of the molecule is CC(c1cccc(Cl)c1)n1ccnc1NC1CCCCC1. The molecule has 1 heterocycles. The predicted molar refractivity (Wildman–Crippen MR) is 88.0 cm³/mol. The average molecular weight is 304 g/mol. The Morgan fingerprint density at radius 2 is 2.10 bits per heavy atom. The van der Waals surface area contributed by atoms with Crippen LogP contribution >= 0.6 is 11.6 Å². The molecule has 1 unspecified atom stereocenters. The Balaban J connectivity index is 1.77. The number of hydrogen-bond acceptors (Lipinski definition) is 2. The van der Waals surface area contributed by atoms with Gasteiger partial charge in [0.05, 0.1) is 6.04 Å². The van der Waals surface area contributed by atoms with Crippen LogP contribution in [0.3, 0.4) is 0 Å². The number of aromatic nitrogens is 2. The molecule has 0 amide bonds. The van der Waals surface area contributed by atoms with Gasteiger partial charge in [-0.25, -0.2) is 4.98 Å². The minimum Gasteiger partial charge on any atom is -0.353 e. The summed E-state index contributed by atoms with van der Waals surface area (Å²) >= 11 is 6.11. The molecule has 0 saturated heterocycles. The van der Waals surface area contributed by atoms with Crippen molar-refractivity contribution in [1.82, 2.24) is 9.55 Å². The molecule has 1 aliphatic rings. The molecular formula is C17H22ClN3. The molecule has 1 aromatic carbocycles. The number of hydrogen-bond donors (Lipinski definition) is 1. The zero-order valence-electron chi connectivity index (χ0n) is 12.4. The monoisotopic (exact) mass is 303 g/mol. The van der Waals surface area contributed by atoms with Crippen LogP contribution in [-0.2, 0) is 0 Å². The van der Waals surface area contributed by atoms with Crippen LogP contribution in [0.1, 0.15) is 50.6 Å². The maximum absolute atomic E-state index is 6.11. The van der Waals surface area contributed by atoms with Gasteiger partial charge in [-0.1, -0.05) is 43.0 Å². The van der Waals surface area contributed by atoms with Gasteiger partial charge in [0.1, 0.15) is 0 Å². The minimum absolute atomic E-state index is 0.220. The van der Waals surface area contributed by atoms with E-state index in [-0.39, 0.29) is 6.04 Å². The largest absolute Gasteiger partial charge is 0.353 e. The van der Waals surface area contributed by atoms with E-state index in [0.29, 0.717) is 6.04 Å². The van der Waals surface area contributed by atoms with Gasteiger partial charge in [-0.15, -0.1) is 0 Å². The number of benzene rings is 1. The average Bonchev–Trinajstić information content (AvgIpc) is 2.95. The van der Waals surface area contributed by atoms with Crippen molar-refractivity contribution in [3.63, 3.8) is 0 Å². The molecule has 2 aromatic rings. The molecule has 21 heavy (non-hydrogen) atoms. The van der Waals surface area contributed by atoms with Crippen molar-refractivity contribution >= 4 is 17.5 Å². The van der Waals surface area contributed by atoms with Gasteiger partial charge in [-0.2, -0.15) is 0 Å². The van der Waals surface area contributed by atoms with Crippen molar-refractivity contribution < 1.29 is 0 Å². The van der Waals surface area contributed by atoms with E-state index in [1.165, 1.54) is 37.7 Å². The third kappa shape index (κ3) is 3.41. The second-order valence-electron chi connectivity index (χ2n) is 5.87. The summed E-state index contributed by atoms with van der Waals surface area (Å²) in [5.74, 6) is 0.967. The van der Waals surface area contributed by atoms with Crippen molar-refractivity contribution in [2.45, 2.75) is 51.1 Å². The fourth-order valence-corrected chi connectivity index (χ4v) is 3.29. The number of imidazole rings is 1. The van der Waals surface area contributed by atoms with E-state index in [0.717, 1.165) is 11.0 Å². The summed E-state index contributed by atoms with van der Waals surface area (Å²) in [6.45, 7) is 2.18. The zero-order chi connectivity index (χ0) is 14.7. The first-order chi connectivity index (χ1) is 10.2. The smallest absolute Gasteiger partial charge is 0.203 e. The lowest BCUT2D eigenvalue weighted by Gasteiger charge is -2.25. The lowest BCUT2D eigenvalue weighted by molar-refractivity contribution is 0.458. The van der Waals surface area contributed by atoms with Crippen molar-refractivity contribution in [3.8, 4) is 0 Å². The standard InChI is InChI=1S/C17H22ClN3/c1-13(14-6-5-7-15(18)12-14)21-11-10-19-17(21)20-16-8-3-2-4-9-16/h5-7,10-13,16H,2-4,8-9H2,1H3,(H,19,20). The lowest BCUT2D eigenvalue weighted by atomic mass is 9.96. The fraction of sp³-hybridized carbons (Fsp3) is 0.471. The summed E-state index contributed by atoms with van der Waals surface area (Å²) in [7, 11) is 0. The molecule has 3 rings (SSSR count). The van der Waals surface area contributed by atoms with E-state index >= 15 is 0 Å². The van der Waals surface area contributed by atoms with E-state index in [4.69, 9.17) is 11.6 Å². The topological polar surface area (TPSA) is 29.9 Å². The first-order valence-corrected chi connectivity index (χ1v) is 8.16. The van der Waals surface area contributed by atoms with E-state index in [2.05, 4.69) is 27.9 Å². The van der Waals surface area contributed by atoms with Crippen molar-refractivity contribution in [2.75, 3.05) is 5.32 Å².